The van der Waals surface area contributed by atoms with E-state index in [1.54, 1.807) is 24.3 Å². The smallest absolute Gasteiger partial charge is 0.253 e. The summed E-state index contributed by atoms with van der Waals surface area (Å²) in [5.41, 5.74) is 1.64. The van der Waals surface area contributed by atoms with E-state index in [-0.39, 0.29) is 11.8 Å². The summed E-state index contributed by atoms with van der Waals surface area (Å²) in [4.78, 5) is 29.0. The molecule has 7 heteroatoms. The number of rotatable bonds is 6. The molecule has 0 aliphatic carbocycles. The van der Waals surface area contributed by atoms with Crippen molar-refractivity contribution in [1.82, 2.24) is 10.3 Å². The van der Waals surface area contributed by atoms with Gasteiger partial charge in [-0.25, -0.2) is 4.98 Å². The highest BCUT2D eigenvalue weighted by molar-refractivity contribution is 7.19. The molecule has 3 aromatic rings. The summed E-state index contributed by atoms with van der Waals surface area (Å²) in [6, 6.07) is 12.6. The van der Waals surface area contributed by atoms with Crippen molar-refractivity contribution in [2.45, 2.75) is 13.3 Å². The molecule has 2 N–H and O–H groups in total. The second-order valence-electron chi connectivity index (χ2n) is 5.79. The Kier molecular flexibility index (Phi) is 6.21. The number of amides is 2. The van der Waals surface area contributed by atoms with Crippen molar-refractivity contribution < 1.29 is 9.59 Å². The van der Waals surface area contributed by atoms with Crippen LogP contribution in [0.15, 0.2) is 48.5 Å². The van der Waals surface area contributed by atoms with Crippen LogP contribution in [0.3, 0.4) is 0 Å². The Morgan fingerprint density at radius 2 is 2.04 bits per heavy atom. The number of thiazole rings is 1. The predicted octanol–water partition coefficient (Wildman–Crippen LogP) is 4.74. The number of halogens is 1. The normalized spacial score (nSPS) is 11.0. The number of aromatic nitrogens is 1. The number of hydrogen-bond donors (Lipinski definition) is 2. The van der Waals surface area contributed by atoms with Crippen LogP contribution in [-0.4, -0.2) is 23.3 Å². The minimum absolute atomic E-state index is 0.251. The van der Waals surface area contributed by atoms with Crippen LogP contribution in [0.25, 0.3) is 16.3 Å². The van der Waals surface area contributed by atoms with Gasteiger partial charge < -0.3 is 10.6 Å². The van der Waals surface area contributed by atoms with Crippen molar-refractivity contribution in [3.8, 4) is 0 Å². The van der Waals surface area contributed by atoms with Gasteiger partial charge in [0.25, 0.3) is 5.91 Å². The van der Waals surface area contributed by atoms with Gasteiger partial charge in [0.15, 0.2) is 0 Å². The third-order valence-electron chi connectivity index (χ3n) is 3.71. The molecule has 0 atom stereocenters. The van der Waals surface area contributed by atoms with E-state index in [2.05, 4.69) is 15.6 Å². The molecule has 3 rings (SSSR count). The standard InChI is InChI=1S/C20H18ClN3O2S/c1-2-11-22-20(26)14-8-7-13(21)12-16(14)23-18(25)9-10-19-24-15-5-3-4-6-17(15)27-19/h3-10,12H,2,11H2,1H3,(H,22,26)(H,23,25). The predicted molar refractivity (Wildman–Crippen MR) is 111 cm³/mol. The zero-order chi connectivity index (χ0) is 19.2. The molecule has 0 aliphatic heterocycles. The largest absolute Gasteiger partial charge is 0.352 e. The fourth-order valence-electron chi connectivity index (χ4n) is 2.43. The molecule has 0 bridgehead atoms. The maximum absolute atomic E-state index is 12.3. The van der Waals surface area contributed by atoms with Crippen molar-refractivity contribution in [3.63, 3.8) is 0 Å². The number of nitrogens with one attached hydrogen (secondary N) is 2. The molecule has 1 heterocycles. The Labute approximate surface area is 166 Å². The van der Waals surface area contributed by atoms with Gasteiger partial charge in [-0.2, -0.15) is 0 Å². The maximum Gasteiger partial charge on any atom is 0.253 e. The van der Waals surface area contributed by atoms with Crippen molar-refractivity contribution in [1.29, 1.82) is 0 Å². The summed E-state index contributed by atoms with van der Waals surface area (Å²) in [6.07, 6.45) is 3.87. The molecule has 5 nitrogen and oxygen atoms in total. The SMILES string of the molecule is CCCNC(=O)c1ccc(Cl)cc1NC(=O)C=Cc1nc2ccccc2s1. The van der Waals surface area contributed by atoms with Crippen LogP contribution < -0.4 is 10.6 Å². The minimum Gasteiger partial charge on any atom is -0.352 e. The fraction of sp³-hybridized carbons (Fsp3) is 0.150. The highest BCUT2D eigenvalue weighted by Crippen LogP contribution is 2.23. The Morgan fingerprint density at radius 1 is 1.22 bits per heavy atom. The quantitative estimate of drug-likeness (QED) is 0.588. The van der Waals surface area contributed by atoms with Crippen molar-refractivity contribution >= 4 is 56.7 Å². The summed E-state index contributed by atoms with van der Waals surface area (Å²) in [6.45, 7) is 2.53. The number of para-hydroxylation sites is 1. The molecular formula is C20H18ClN3O2S. The second kappa shape index (κ2) is 8.79. The lowest BCUT2D eigenvalue weighted by atomic mass is 10.1. The van der Waals surface area contributed by atoms with Gasteiger partial charge in [0, 0.05) is 17.6 Å². The Bertz CT molecular complexity index is 980. The van der Waals surface area contributed by atoms with E-state index in [0.29, 0.717) is 22.8 Å². The number of benzene rings is 2. The Balaban J connectivity index is 1.74. The van der Waals surface area contributed by atoms with Crippen LogP contribution in [0, 0.1) is 0 Å². The monoisotopic (exact) mass is 399 g/mol. The average molecular weight is 400 g/mol. The molecule has 138 valence electrons. The van der Waals surface area contributed by atoms with E-state index in [1.807, 2.05) is 31.2 Å². The molecule has 0 saturated carbocycles. The lowest BCUT2D eigenvalue weighted by Gasteiger charge is -2.10. The molecule has 2 aromatic carbocycles. The van der Waals surface area contributed by atoms with E-state index in [9.17, 15) is 9.59 Å². The van der Waals surface area contributed by atoms with Crippen LogP contribution in [-0.2, 0) is 4.79 Å². The van der Waals surface area contributed by atoms with Crippen LogP contribution in [0.2, 0.25) is 5.02 Å². The Morgan fingerprint density at radius 3 is 2.81 bits per heavy atom. The van der Waals surface area contributed by atoms with Gasteiger partial charge in [-0.05, 0) is 42.8 Å². The first kappa shape index (κ1) is 19.1. The molecule has 0 unspecified atom stereocenters. The van der Waals surface area contributed by atoms with E-state index in [0.717, 1.165) is 21.6 Å². The molecule has 27 heavy (non-hydrogen) atoms. The molecule has 2 amide bonds. The third-order valence-corrected chi connectivity index (χ3v) is 4.94. The number of anilines is 1. The first-order valence-corrected chi connectivity index (χ1v) is 9.68. The topological polar surface area (TPSA) is 71.1 Å². The number of carbonyl (C=O) groups is 2. The molecule has 0 saturated heterocycles. The Hall–Kier alpha value is -2.70. The minimum atomic E-state index is -0.360. The molecule has 0 fully saturated rings. The molecule has 1 aromatic heterocycles. The first-order chi connectivity index (χ1) is 13.1. The highest BCUT2D eigenvalue weighted by atomic mass is 35.5. The van der Waals surface area contributed by atoms with Crippen LogP contribution in [0.5, 0.6) is 0 Å². The van der Waals surface area contributed by atoms with Crippen molar-refractivity contribution in [2.75, 3.05) is 11.9 Å². The zero-order valence-electron chi connectivity index (χ0n) is 14.7. The van der Waals surface area contributed by atoms with Gasteiger partial charge in [0.05, 0.1) is 21.5 Å². The van der Waals surface area contributed by atoms with Crippen molar-refractivity contribution in [2.24, 2.45) is 0 Å². The van der Waals surface area contributed by atoms with Crippen LogP contribution in [0.4, 0.5) is 5.69 Å². The second-order valence-corrected chi connectivity index (χ2v) is 7.29. The van der Waals surface area contributed by atoms with E-state index in [1.165, 1.54) is 17.4 Å². The van der Waals surface area contributed by atoms with Gasteiger partial charge in [0.2, 0.25) is 5.91 Å². The first-order valence-electron chi connectivity index (χ1n) is 8.49. The third kappa shape index (κ3) is 4.93. The molecule has 0 radical (unpaired) electrons. The lowest BCUT2D eigenvalue weighted by Crippen LogP contribution is -2.25. The van der Waals surface area contributed by atoms with Gasteiger partial charge in [-0.3, -0.25) is 9.59 Å². The van der Waals surface area contributed by atoms with E-state index < -0.39 is 0 Å². The summed E-state index contributed by atoms with van der Waals surface area (Å²) in [5.74, 6) is -0.611. The fourth-order valence-corrected chi connectivity index (χ4v) is 3.48. The molecule has 0 aliphatic rings. The number of hydrogen-bond acceptors (Lipinski definition) is 4. The number of fused-ring (bicyclic) bond motifs is 1. The lowest BCUT2D eigenvalue weighted by molar-refractivity contribution is -0.111. The number of nitrogens with zero attached hydrogens (tertiary/aromatic N) is 1. The summed E-state index contributed by atoms with van der Waals surface area (Å²) >= 11 is 7.52. The van der Waals surface area contributed by atoms with Crippen LogP contribution >= 0.6 is 22.9 Å². The molecular weight excluding hydrogens is 382 g/mol. The number of carbonyl (C=O) groups excluding carboxylic acids is 2. The molecule has 0 spiro atoms. The van der Waals surface area contributed by atoms with E-state index >= 15 is 0 Å². The summed E-state index contributed by atoms with van der Waals surface area (Å²) in [5, 5.41) is 6.69. The van der Waals surface area contributed by atoms with Crippen LogP contribution in [0.1, 0.15) is 28.7 Å². The van der Waals surface area contributed by atoms with Gasteiger partial charge in [-0.15, -0.1) is 11.3 Å². The van der Waals surface area contributed by atoms with Gasteiger partial charge in [0.1, 0.15) is 5.01 Å². The van der Waals surface area contributed by atoms with Gasteiger partial charge in [-0.1, -0.05) is 30.7 Å². The summed E-state index contributed by atoms with van der Waals surface area (Å²) in [7, 11) is 0. The van der Waals surface area contributed by atoms with Crippen molar-refractivity contribution in [3.05, 3.63) is 64.1 Å². The average Bonchev–Trinajstić information content (AvgIpc) is 3.07. The zero-order valence-corrected chi connectivity index (χ0v) is 16.2. The highest BCUT2D eigenvalue weighted by Gasteiger charge is 2.13. The van der Waals surface area contributed by atoms with E-state index in [4.69, 9.17) is 11.6 Å². The van der Waals surface area contributed by atoms with Gasteiger partial charge >= 0.3 is 0 Å². The maximum atomic E-state index is 12.3. The summed E-state index contributed by atoms with van der Waals surface area (Å²) < 4.78 is 1.06.